The fourth-order valence-corrected chi connectivity index (χ4v) is 4.05. The molecule has 0 radical (unpaired) electrons. The molecule has 1 fully saturated rings. The smallest absolute Gasteiger partial charge is 0.475 e. The first kappa shape index (κ1) is 25.0. The van der Waals surface area contributed by atoms with E-state index in [9.17, 15) is 18.0 Å². The SMILES string of the molecule is CCNC(=O)[C@H]1CC[C@@H](n2cncc2-c2ccc(-c3ccccc3)cc2)C1.O=C(O)C(F)(F)F. The number of carbonyl (C=O) groups excluding carboxylic acids is 1. The average Bonchev–Trinajstić information content (AvgIpc) is 3.50. The third kappa shape index (κ3) is 6.24. The van der Waals surface area contributed by atoms with E-state index in [2.05, 4.69) is 63.4 Å². The number of benzene rings is 2. The number of hydrogen-bond donors (Lipinski definition) is 2. The molecule has 1 aromatic heterocycles. The third-order valence-electron chi connectivity index (χ3n) is 5.72. The predicted octanol–water partition coefficient (Wildman–Crippen LogP) is 5.33. The van der Waals surface area contributed by atoms with Crippen molar-refractivity contribution in [1.82, 2.24) is 14.9 Å². The molecule has 1 saturated carbocycles. The molecule has 0 unspecified atom stereocenters. The van der Waals surface area contributed by atoms with Crippen LogP contribution >= 0.6 is 0 Å². The van der Waals surface area contributed by atoms with Crippen molar-refractivity contribution in [3.8, 4) is 22.4 Å². The fourth-order valence-electron chi connectivity index (χ4n) is 4.05. The van der Waals surface area contributed by atoms with Gasteiger partial charge in [0.25, 0.3) is 0 Å². The van der Waals surface area contributed by atoms with Gasteiger partial charge in [0.1, 0.15) is 0 Å². The molecule has 9 heteroatoms. The van der Waals surface area contributed by atoms with Gasteiger partial charge in [-0.3, -0.25) is 4.79 Å². The van der Waals surface area contributed by atoms with Crippen molar-refractivity contribution < 1.29 is 27.9 Å². The van der Waals surface area contributed by atoms with Gasteiger partial charge in [0.05, 0.1) is 18.2 Å². The number of halogens is 3. The van der Waals surface area contributed by atoms with Crippen LogP contribution in [0, 0.1) is 5.92 Å². The van der Waals surface area contributed by atoms with E-state index in [4.69, 9.17) is 9.90 Å². The van der Waals surface area contributed by atoms with E-state index in [0.29, 0.717) is 12.6 Å². The summed E-state index contributed by atoms with van der Waals surface area (Å²) in [5.74, 6) is -2.45. The first-order valence-corrected chi connectivity index (χ1v) is 11.0. The summed E-state index contributed by atoms with van der Waals surface area (Å²) in [4.78, 5) is 25.4. The Balaban J connectivity index is 0.000000406. The van der Waals surface area contributed by atoms with Crippen molar-refractivity contribution in [2.45, 2.75) is 38.4 Å². The van der Waals surface area contributed by atoms with E-state index < -0.39 is 12.1 Å². The van der Waals surface area contributed by atoms with Crippen LogP contribution in [0.15, 0.2) is 67.1 Å². The van der Waals surface area contributed by atoms with E-state index in [0.717, 1.165) is 30.5 Å². The lowest BCUT2D eigenvalue weighted by Gasteiger charge is -2.16. The minimum absolute atomic E-state index is 0.116. The third-order valence-corrected chi connectivity index (χ3v) is 5.72. The molecular formula is C25H26F3N3O3. The highest BCUT2D eigenvalue weighted by Gasteiger charge is 2.38. The largest absolute Gasteiger partial charge is 0.490 e. The van der Waals surface area contributed by atoms with Gasteiger partial charge in [-0.1, -0.05) is 54.6 Å². The number of aliphatic carboxylic acids is 1. The number of alkyl halides is 3. The number of aromatic nitrogens is 2. The number of carbonyl (C=O) groups is 2. The predicted molar refractivity (Wildman–Crippen MR) is 122 cm³/mol. The van der Waals surface area contributed by atoms with E-state index in [1.54, 1.807) is 0 Å². The molecule has 1 amide bonds. The number of carboxylic acid groups (broad SMARTS) is 1. The lowest BCUT2D eigenvalue weighted by Crippen LogP contribution is -2.29. The highest BCUT2D eigenvalue weighted by molar-refractivity contribution is 5.79. The van der Waals surface area contributed by atoms with Gasteiger partial charge in [-0.25, -0.2) is 9.78 Å². The summed E-state index contributed by atoms with van der Waals surface area (Å²) in [5.41, 5.74) is 4.71. The molecule has 4 rings (SSSR count). The molecule has 6 nitrogen and oxygen atoms in total. The molecule has 1 aliphatic carbocycles. The van der Waals surface area contributed by atoms with Crippen LogP contribution in [-0.2, 0) is 9.59 Å². The Morgan fingerprint density at radius 2 is 1.62 bits per heavy atom. The van der Waals surface area contributed by atoms with Crippen LogP contribution in [0.2, 0.25) is 0 Å². The number of amides is 1. The Morgan fingerprint density at radius 3 is 2.21 bits per heavy atom. The van der Waals surface area contributed by atoms with E-state index in [-0.39, 0.29) is 11.8 Å². The van der Waals surface area contributed by atoms with Crippen molar-refractivity contribution in [1.29, 1.82) is 0 Å². The Morgan fingerprint density at radius 1 is 1.03 bits per heavy atom. The van der Waals surface area contributed by atoms with Gasteiger partial charge >= 0.3 is 12.1 Å². The molecular weight excluding hydrogens is 447 g/mol. The van der Waals surface area contributed by atoms with E-state index in [1.165, 1.54) is 11.1 Å². The van der Waals surface area contributed by atoms with Gasteiger partial charge in [-0.15, -0.1) is 0 Å². The van der Waals surface area contributed by atoms with Crippen LogP contribution in [-0.4, -0.2) is 39.3 Å². The minimum Gasteiger partial charge on any atom is -0.475 e. The number of rotatable bonds is 5. The molecule has 0 saturated heterocycles. The first-order chi connectivity index (χ1) is 16.2. The molecule has 0 aliphatic heterocycles. The summed E-state index contributed by atoms with van der Waals surface area (Å²) >= 11 is 0. The van der Waals surface area contributed by atoms with Crippen LogP contribution in [0.3, 0.4) is 0 Å². The summed E-state index contributed by atoms with van der Waals surface area (Å²) in [7, 11) is 0. The second kappa shape index (κ2) is 11.0. The fraction of sp³-hybridized carbons (Fsp3) is 0.320. The second-order valence-corrected chi connectivity index (χ2v) is 7.99. The normalized spacial score (nSPS) is 17.5. The monoisotopic (exact) mass is 473 g/mol. The zero-order valence-corrected chi connectivity index (χ0v) is 18.6. The van der Waals surface area contributed by atoms with Gasteiger partial charge in [0, 0.05) is 18.5 Å². The van der Waals surface area contributed by atoms with Crippen molar-refractivity contribution >= 4 is 11.9 Å². The Labute approximate surface area is 195 Å². The number of hydrogen-bond acceptors (Lipinski definition) is 3. The van der Waals surface area contributed by atoms with Gasteiger partial charge < -0.3 is 15.0 Å². The van der Waals surface area contributed by atoms with Crippen molar-refractivity contribution in [2.24, 2.45) is 5.92 Å². The maximum absolute atomic E-state index is 12.2. The molecule has 1 heterocycles. The summed E-state index contributed by atoms with van der Waals surface area (Å²) < 4.78 is 34.0. The summed E-state index contributed by atoms with van der Waals surface area (Å²) in [6, 6.07) is 19.4. The Bertz CT molecular complexity index is 1100. The van der Waals surface area contributed by atoms with E-state index in [1.807, 2.05) is 25.5 Å². The molecule has 1 aliphatic rings. The molecule has 0 spiro atoms. The van der Waals surface area contributed by atoms with E-state index >= 15 is 0 Å². The zero-order chi connectivity index (χ0) is 24.7. The lowest BCUT2D eigenvalue weighted by atomic mass is 10.0. The number of imidazole rings is 1. The van der Waals surface area contributed by atoms with Gasteiger partial charge in [0.2, 0.25) is 5.91 Å². The highest BCUT2D eigenvalue weighted by atomic mass is 19.4. The molecule has 34 heavy (non-hydrogen) atoms. The summed E-state index contributed by atoms with van der Waals surface area (Å²) in [5, 5.41) is 10.1. The highest BCUT2D eigenvalue weighted by Crippen LogP contribution is 2.37. The van der Waals surface area contributed by atoms with Crippen molar-refractivity contribution in [2.75, 3.05) is 6.54 Å². The molecule has 3 aromatic rings. The number of carboxylic acids is 1. The molecule has 2 atom stereocenters. The zero-order valence-electron chi connectivity index (χ0n) is 18.6. The first-order valence-electron chi connectivity index (χ1n) is 11.0. The van der Waals surface area contributed by atoms with Gasteiger partial charge in [0.15, 0.2) is 0 Å². The van der Waals surface area contributed by atoms with Gasteiger partial charge in [-0.05, 0) is 42.9 Å². The van der Waals surface area contributed by atoms with Crippen LogP contribution in [0.1, 0.15) is 32.2 Å². The minimum atomic E-state index is -5.08. The maximum Gasteiger partial charge on any atom is 0.490 e. The van der Waals surface area contributed by atoms with Crippen LogP contribution < -0.4 is 5.32 Å². The van der Waals surface area contributed by atoms with Crippen LogP contribution in [0.5, 0.6) is 0 Å². The number of nitrogens with one attached hydrogen (secondary N) is 1. The Hall–Kier alpha value is -3.62. The summed E-state index contributed by atoms with van der Waals surface area (Å²) in [6.07, 6.45) is 1.60. The van der Waals surface area contributed by atoms with Crippen molar-refractivity contribution in [3.05, 3.63) is 67.1 Å². The standard InChI is InChI=1S/C23H25N3O.C2HF3O2/c1-2-25-23(27)20-12-13-21(14-20)26-16-24-15-22(26)19-10-8-18(9-11-19)17-6-4-3-5-7-17;3-2(4,5)1(6)7/h3-11,15-16,20-21H,2,12-14H2,1H3,(H,25,27);(H,6,7)/t20-,21+;/m0./s1. The lowest BCUT2D eigenvalue weighted by molar-refractivity contribution is -0.192. The molecule has 180 valence electrons. The van der Waals surface area contributed by atoms with Crippen molar-refractivity contribution in [3.63, 3.8) is 0 Å². The topological polar surface area (TPSA) is 84.2 Å². The van der Waals surface area contributed by atoms with Crippen LogP contribution in [0.25, 0.3) is 22.4 Å². The molecule has 2 aromatic carbocycles. The average molecular weight is 473 g/mol. The van der Waals surface area contributed by atoms with Crippen LogP contribution in [0.4, 0.5) is 13.2 Å². The number of nitrogens with zero attached hydrogens (tertiary/aromatic N) is 2. The van der Waals surface area contributed by atoms with Gasteiger partial charge in [-0.2, -0.15) is 13.2 Å². The Kier molecular flexibility index (Phi) is 8.09. The molecule has 0 bridgehead atoms. The summed E-state index contributed by atoms with van der Waals surface area (Å²) in [6.45, 7) is 2.67. The quantitative estimate of drug-likeness (QED) is 0.525. The molecule has 2 N–H and O–H groups in total. The second-order valence-electron chi connectivity index (χ2n) is 7.99. The maximum atomic E-state index is 12.2.